The number of carboxylic acid groups (broad SMARTS) is 1. The number of hydrogen-bond donors (Lipinski definition) is 1. The van der Waals surface area contributed by atoms with Crippen LogP contribution >= 0.6 is 11.8 Å². The van der Waals surface area contributed by atoms with Crippen molar-refractivity contribution >= 4 is 23.8 Å². The fourth-order valence-corrected chi connectivity index (χ4v) is 3.16. The first-order chi connectivity index (χ1) is 8.11. The molecule has 0 bridgehead atoms. The van der Waals surface area contributed by atoms with Gasteiger partial charge in [-0.1, -0.05) is 0 Å². The van der Waals surface area contributed by atoms with Crippen LogP contribution in [-0.4, -0.2) is 70.9 Å². The van der Waals surface area contributed by atoms with Crippen molar-refractivity contribution in [1.29, 1.82) is 0 Å². The minimum atomic E-state index is -0.931. The van der Waals surface area contributed by atoms with E-state index in [-0.39, 0.29) is 12.1 Å². The molecule has 17 heavy (non-hydrogen) atoms. The second kappa shape index (κ2) is 5.14. The summed E-state index contributed by atoms with van der Waals surface area (Å²) in [6, 6.07) is -0.835. The summed E-state index contributed by atoms with van der Waals surface area (Å²) < 4.78 is 5.23. The molecular weight excluding hydrogens is 244 g/mol. The molecule has 2 amide bonds. The van der Waals surface area contributed by atoms with Crippen molar-refractivity contribution in [3.05, 3.63) is 0 Å². The lowest BCUT2D eigenvalue weighted by Gasteiger charge is -2.30. The Morgan fingerprint density at radius 2 is 2.29 bits per heavy atom. The largest absolute Gasteiger partial charge is 0.480 e. The highest BCUT2D eigenvalue weighted by Crippen LogP contribution is 2.23. The number of carbonyl (C=O) groups is 2. The van der Waals surface area contributed by atoms with Gasteiger partial charge in [0.25, 0.3) is 0 Å². The average molecular weight is 260 g/mol. The molecule has 96 valence electrons. The normalized spacial score (nSPS) is 28.4. The summed E-state index contributed by atoms with van der Waals surface area (Å²) in [5.41, 5.74) is 0. The van der Waals surface area contributed by atoms with E-state index in [9.17, 15) is 9.59 Å². The SMILES string of the molecule is CN(C(=O)N1CSCC1C(=O)O)C1CCOC1. The van der Waals surface area contributed by atoms with Crippen LogP contribution < -0.4 is 0 Å². The summed E-state index contributed by atoms with van der Waals surface area (Å²) in [7, 11) is 1.71. The van der Waals surface area contributed by atoms with E-state index in [0.717, 1.165) is 6.42 Å². The molecule has 2 rings (SSSR count). The quantitative estimate of drug-likeness (QED) is 0.772. The van der Waals surface area contributed by atoms with Gasteiger partial charge >= 0.3 is 12.0 Å². The molecule has 0 aromatic heterocycles. The Bertz CT molecular complexity index is 319. The molecule has 0 radical (unpaired) electrons. The monoisotopic (exact) mass is 260 g/mol. The van der Waals surface area contributed by atoms with Crippen LogP contribution in [0.1, 0.15) is 6.42 Å². The van der Waals surface area contributed by atoms with Gasteiger partial charge in [0.15, 0.2) is 0 Å². The molecule has 0 spiro atoms. The summed E-state index contributed by atoms with van der Waals surface area (Å²) in [5.74, 6) is -0.0107. The van der Waals surface area contributed by atoms with Crippen molar-refractivity contribution in [3.8, 4) is 0 Å². The fraction of sp³-hybridized carbons (Fsp3) is 0.800. The molecule has 2 unspecified atom stereocenters. The third kappa shape index (κ3) is 2.50. The van der Waals surface area contributed by atoms with Crippen LogP contribution in [-0.2, 0) is 9.53 Å². The predicted octanol–water partition coefficient (Wildman–Crippen LogP) is 0.287. The molecule has 0 aromatic carbocycles. The highest BCUT2D eigenvalue weighted by Gasteiger charge is 2.37. The number of carbonyl (C=O) groups excluding carboxylic acids is 1. The van der Waals surface area contributed by atoms with Crippen LogP contribution in [0.25, 0.3) is 0 Å². The molecule has 0 aliphatic carbocycles. The van der Waals surface area contributed by atoms with E-state index >= 15 is 0 Å². The van der Waals surface area contributed by atoms with Gasteiger partial charge in [0.2, 0.25) is 0 Å². The molecule has 0 saturated carbocycles. The maximum atomic E-state index is 12.2. The molecular formula is C10H16N2O4S. The number of carboxylic acids is 1. The van der Waals surface area contributed by atoms with E-state index in [2.05, 4.69) is 0 Å². The molecule has 7 heteroatoms. The second-order valence-corrected chi connectivity index (χ2v) is 5.23. The number of thioether (sulfide) groups is 1. The molecule has 2 aliphatic rings. The van der Waals surface area contributed by atoms with E-state index in [1.54, 1.807) is 11.9 Å². The topological polar surface area (TPSA) is 70.1 Å². The predicted molar refractivity (Wildman–Crippen MR) is 63.0 cm³/mol. The van der Waals surface area contributed by atoms with Crippen LogP contribution in [0.15, 0.2) is 0 Å². The summed E-state index contributed by atoms with van der Waals surface area (Å²) in [4.78, 5) is 26.2. The number of ether oxygens (including phenoxy) is 1. The highest BCUT2D eigenvalue weighted by atomic mass is 32.2. The van der Waals surface area contributed by atoms with E-state index in [1.165, 1.54) is 16.7 Å². The summed E-state index contributed by atoms with van der Waals surface area (Å²) in [6.07, 6.45) is 0.820. The molecule has 0 aromatic rings. The zero-order valence-corrected chi connectivity index (χ0v) is 10.5. The van der Waals surface area contributed by atoms with E-state index < -0.39 is 12.0 Å². The van der Waals surface area contributed by atoms with Crippen LogP contribution in [0.5, 0.6) is 0 Å². The van der Waals surface area contributed by atoms with E-state index in [4.69, 9.17) is 9.84 Å². The van der Waals surface area contributed by atoms with Gasteiger partial charge in [-0.2, -0.15) is 0 Å². The zero-order chi connectivity index (χ0) is 12.4. The lowest BCUT2D eigenvalue weighted by atomic mass is 10.2. The van der Waals surface area contributed by atoms with Crippen LogP contribution in [0.3, 0.4) is 0 Å². The van der Waals surface area contributed by atoms with Crippen molar-refractivity contribution in [1.82, 2.24) is 9.80 Å². The molecule has 2 heterocycles. The first-order valence-electron chi connectivity index (χ1n) is 5.53. The lowest BCUT2D eigenvalue weighted by Crippen LogP contribution is -2.50. The summed E-state index contributed by atoms with van der Waals surface area (Å²) in [5, 5.41) is 9.03. The Kier molecular flexibility index (Phi) is 3.78. The zero-order valence-electron chi connectivity index (χ0n) is 9.66. The van der Waals surface area contributed by atoms with E-state index in [0.29, 0.717) is 24.8 Å². The van der Waals surface area contributed by atoms with Crippen molar-refractivity contribution in [2.75, 3.05) is 31.9 Å². The second-order valence-electron chi connectivity index (χ2n) is 4.23. The van der Waals surface area contributed by atoms with Gasteiger partial charge in [-0.25, -0.2) is 9.59 Å². The standard InChI is InChI=1S/C10H16N2O4S/c1-11(7-2-3-16-4-7)10(15)12-6-17-5-8(12)9(13)14/h7-8H,2-6H2,1H3,(H,13,14). The Hall–Kier alpha value is -0.950. The Balaban J connectivity index is 2.00. The fourth-order valence-electron chi connectivity index (χ4n) is 2.02. The maximum absolute atomic E-state index is 12.2. The van der Waals surface area contributed by atoms with Gasteiger partial charge < -0.3 is 19.6 Å². The van der Waals surface area contributed by atoms with Crippen LogP contribution in [0.4, 0.5) is 4.79 Å². The van der Waals surface area contributed by atoms with Crippen LogP contribution in [0.2, 0.25) is 0 Å². The minimum absolute atomic E-state index is 0.0718. The van der Waals surface area contributed by atoms with Gasteiger partial charge in [0, 0.05) is 19.4 Å². The number of nitrogens with zero attached hydrogens (tertiary/aromatic N) is 2. The molecule has 2 fully saturated rings. The van der Waals surface area contributed by atoms with Crippen molar-refractivity contribution in [2.45, 2.75) is 18.5 Å². The highest BCUT2D eigenvalue weighted by molar-refractivity contribution is 7.99. The average Bonchev–Trinajstić information content (AvgIpc) is 2.97. The van der Waals surface area contributed by atoms with E-state index in [1.807, 2.05) is 0 Å². The number of hydrogen-bond acceptors (Lipinski definition) is 4. The third-order valence-electron chi connectivity index (χ3n) is 3.17. The summed E-state index contributed by atoms with van der Waals surface area (Å²) >= 11 is 1.47. The van der Waals surface area contributed by atoms with Crippen molar-refractivity contribution < 1.29 is 19.4 Å². The molecule has 2 atom stereocenters. The molecule has 2 saturated heterocycles. The summed E-state index contributed by atoms with van der Waals surface area (Å²) in [6.45, 7) is 1.21. The number of rotatable bonds is 2. The van der Waals surface area contributed by atoms with Crippen LogP contribution in [0, 0.1) is 0 Å². The number of aliphatic carboxylic acids is 1. The minimum Gasteiger partial charge on any atom is -0.480 e. The van der Waals surface area contributed by atoms with Crippen molar-refractivity contribution in [2.24, 2.45) is 0 Å². The molecule has 2 aliphatic heterocycles. The number of urea groups is 1. The lowest BCUT2D eigenvalue weighted by molar-refractivity contribution is -0.140. The van der Waals surface area contributed by atoms with Gasteiger partial charge in [-0.15, -0.1) is 11.8 Å². The van der Waals surface area contributed by atoms with Gasteiger partial charge in [-0.3, -0.25) is 0 Å². The first kappa shape index (κ1) is 12.5. The van der Waals surface area contributed by atoms with Gasteiger partial charge in [0.1, 0.15) is 6.04 Å². The number of likely N-dealkylation sites (N-methyl/N-ethyl adjacent to an activating group) is 1. The molecule has 6 nitrogen and oxygen atoms in total. The Morgan fingerprint density at radius 3 is 2.88 bits per heavy atom. The van der Waals surface area contributed by atoms with Gasteiger partial charge in [-0.05, 0) is 6.42 Å². The third-order valence-corrected chi connectivity index (χ3v) is 4.18. The smallest absolute Gasteiger partial charge is 0.327 e. The Labute approximate surface area is 104 Å². The Morgan fingerprint density at radius 1 is 1.53 bits per heavy atom. The molecule has 1 N–H and O–H groups in total. The van der Waals surface area contributed by atoms with Gasteiger partial charge in [0.05, 0.1) is 18.5 Å². The number of amides is 2. The first-order valence-corrected chi connectivity index (χ1v) is 6.68. The van der Waals surface area contributed by atoms with Crippen molar-refractivity contribution in [3.63, 3.8) is 0 Å². The maximum Gasteiger partial charge on any atom is 0.327 e.